The molecule has 0 saturated carbocycles. The van der Waals surface area contributed by atoms with Crippen molar-refractivity contribution in [2.45, 2.75) is 26.2 Å². The van der Waals surface area contributed by atoms with Crippen LogP contribution < -0.4 is 10.5 Å². The van der Waals surface area contributed by atoms with Crippen LogP contribution in [0.4, 0.5) is 0 Å². The minimum absolute atomic E-state index is 0.0804. The second-order valence-electron chi connectivity index (χ2n) is 6.05. The van der Waals surface area contributed by atoms with Gasteiger partial charge in [-0.25, -0.2) is 0 Å². The first kappa shape index (κ1) is 16.3. The van der Waals surface area contributed by atoms with E-state index in [-0.39, 0.29) is 5.91 Å². The van der Waals surface area contributed by atoms with Gasteiger partial charge in [0.05, 0.1) is 17.9 Å². The Kier molecular flexibility index (Phi) is 5.40. The molecule has 0 bridgehead atoms. The van der Waals surface area contributed by atoms with Crippen molar-refractivity contribution in [3.8, 4) is 11.8 Å². The van der Waals surface area contributed by atoms with Crippen molar-refractivity contribution < 1.29 is 9.53 Å². The molecule has 5 nitrogen and oxygen atoms in total. The lowest BCUT2D eigenvalue weighted by molar-refractivity contribution is -0.132. The molecule has 2 rings (SSSR count). The molecule has 5 heteroatoms. The van der Waals surface area contributed by atoms with E-state index in [0.29, 0.717) is 26.1 Å². The Bertz CT molecular complexity index is 550. The molecule has 1 amide bonds. The SMILES string of the molecule is C[C@]1(C#N)CCCN(C(=O)Cc2ccc(OCCN)cc2)C1. The van der Waals surface area contributed by atoms with Crippen LogP contribution in [-0.2, 0) is 11.2 Å². The molecular formula is C17H23N3O2. The number of nitrogens with zero attached hydrogens (tertiary/aromatic N) is 2. The second-order valence-corrected chi connectivity index (χ2v) is 6.05. The van der Waals surface area contributed by atoms with Gasteiger partial charge in [-0.1, -0.05) is 12.1 Å². The van der Waals surface area contributed by atoms with Gasteiger partial charge in [-0.2, -0.15) is 5.26 Å². The van der Waals surface area contributed by atoms with Crippen molar-refractivity contribution in [3.05, 3.63) is 29.8 Å². The number of rotatable bonds is 5. The van der Waals surface area contributed by atoms with E-state index < -0.39 is 5.41 Å². The molecule has 1 aliphatic rings. The van der Waals surface area contributed by atoms with Crippen molar-refractivity contribution in [2.24, 2.45) is 11.1 Å². The van der Waals surface area contributed by atoms with E-state index in [1.165, 1.54) is 0 Å². The highest BCUT2D eigenvalue weighted by molar-refractivity contribution is 5.79. The molecule has 1 fully saturated rings. The lowest BCUT2D eigenvalue weighted by Crippen LogP contribution is -2.44. The predicted molar refractivity (Wildman–Crippen MR) is 84.2 cm³/mol. The van der Waals surface area contributed by atoms with Crippen LogP contribution >= 0.6 is 0 Å². The Balaban J connectivity index is 1.93. The first-order valence-electron chi connectivity index (χ1n) is 7.67. The van der Waals surface area contributed by atoms with Gasteiger partial charge in [0, 0.05) is 19.6 Å². The largest absolute Gasteiger partial charge is 0.492 e. The van der Waals surface area contributed by atoms with E-state index in [9.17, 15) is 10.1 Å². The van der Waals surface area contributed by atoms with Crippen LogP contribution in [0.5, 0.6) is 5.75 Å². The van der Waals surface area contributed by atoms with Crippen LogP contribution in [-0.4, -0.2) is 37.0 Å². The van der Waals surface area contributed by atoms with Gasteiger partial charge < -0.3 is 15.4 Å². The smallest absolute Gasteiger partial charge is 0.227 e. The number of piperidine rings is 1. The van der Waals surface area contributed by atoms with Gasteiger partial charge in [-0.15, -0.1) is 0 Å². The number of nitrogens with two attached hydrogens (primary N) is 1. The van der Waals surface area contributed by atoms with Crippen LogP contribution in [0, 0.1) is 16.7 Å². The normalized spacial score (nSPS) is 21.2. The first-order valence-corrected chi connectivity index (χ1v) is 7.67. The summed E-state index contributed by atoms with van der Waals surface area (Å²) in [6, 6.07) is 9.85. The molecule has 118 valence electrons. The summed E-state index contributed by atoms with van der Waals surface area (Å²) in [5.74, 6) is 0.841. The quantitative estimate of drug-likeness (QED) is 0.898. The van der Waals surface area contributed by atoms with Crippen molar-refractivity contribution in [3.63, 3.8) is 0 Å². The van der Waals surface area contributed by atoms with E-state index in [0.717, 1.165) is 30.7 Å². The highest BCUT2D eigenvalue weighted by atomic mass is 16.5. The number of carbonyl (C=O) groups is 1. The zero-order chi connectivity index (χ0) is 16.0. The molecule has 0 aliphatic carbocycles. The van der Waals surface area contributed by atoms with Crippen LogP contribution in [0.2, 0.25) is 0 Å². The highest BCUT2D eigenvalue weighted by Gasteiger charge is 2.32. The number of hydrogen-bond acceptors (Lipinski definition) is 4. The number of ether oxygens (including phenoxy) is 1. The summed E-state index contributed by atoms with van der Waals surface area (Å²) in [6.45, 7) is 4.16. The summed E-state index contributed by atoms with van der Waals surface area (Å²) in [6.07, 6.45) is 2.11. The number of carbonyl (C=O) groups excluding carboxylic acids is 1. The average molecular weight is 301 g/mol. The van der Waals surface area contributed by atoms with E-state index in [1.807, 2.05) is 36.1 Å². The third-order valence-electron chi connectivity index (χ3n) is 3.98. The molecule has 0 radical (unpaired) electrons. The van der Waals surface area contributed by atoms with Crippen molar-refractivity contribution in [1.82, 2.24) is 4.90 Å². The van der Waals surface area contributed by atoms with Crippen molar-refractivity contribution in [1.29, 1.82) is 5.26 Å². The third-order valence-corrected chi connectivity index (χ3v) is 3.98. The van der Waals surface area contributed by atoms with Gasteiger partial charge in [0.15, 0.2) is 0 Å². The molecule has 2 N–H and O–H groups in total. The van der Waals surface area contributed by atoms with Gasteiger partial charge in [-0.05, 0) is 37.5 Å². The lowest BCUT2D eigenvalue weighted by Gasteiger charge is -2.36. The fraction of sp³-hybridized carbons (Fsp3) is 0.529. The topological polar surface area (TPSA) is 79.3 Å². The molecule has 1 aliphatic heterocycles. The fourth-order valence-corrected chi connectivity index (χ4v) is 2.71. The Labute approximate surface area is 131 Å². The molecule has 1 aromatic carbocycles. The van der Waals surface area contributed by atoms with Gasteiger partial charge in [-0.3, -0.25) is 4.79 Å². The number of nitriles is 1. The maximum Gasteiger partial charge on any atom is 0.227 e. The van der Waals surface area contributed by atoms with E-state index >= 15 is 0 Å². The third kappa shape index (κ3) is 4.22. The summed E-state index contributed by atoms with van der Waals surface area (Å²) in [4.78, 5) is 14.2. The van der Waals surface area contributed by atoms with E-state index in [4.69, 9.17) is 10.5 Å². The Morgan fingerprint density at radius 2 is 2.18 bits per heavy atom. The molecule has 22 heavy (non-hydrogen) atoms. The lowest BCUT2D eigenvalue weighted by atomic mass is 9.83. The summed E-state index contributed by atoms with van der Waals surface area (Å²) >= 11 is 0. The standard InChI is InChI=1S/C17H23N3O2/c1-17(12-19)7-2-9-20(13-17)16(21)11-14-3-5-15(6-4-14)22-10-8-18/h3-6H,2,7-11,13,18H2,1H3/t17-/m1/s1. The first-order chi connectivity index (χ1) is 10.6. The Hall–Kier alpha value is -2.06. The van der Waals surface area contributed by atoms with Crippen LogP contribution in [0.25, 0.3) is 0 Å². The summed E-state index contributed by atoms with van der Waals surface area (Å²) < 4.78 is 5.42. The maximum absolute atomic E-state index is 12.4. The molecule has 0 aromatic heterocycles. The average Bonchev–Trinajstić information content (AvgIpc) is 2.54. The van der Waals surface area contributed by atoms with Crippen LogP contribution in [0.3, 0.4) is 0 Å². The molecule has 0 unspecified atom stereocenters. The second kappa shape index (κ2) is 7.28. The molecule has 0 spiro atoms. The minimum atomic E-state index is -0.409. The van der Waals surface area contributed by atoms with Gasteiger partial charge in [0.1, 0.15) is 12.4 Å². The van der Waals surface area contributed by atoms with E-state index in [1.54, 1.807) is 0 Å². The minimum Gasteiger partial charge on any atom is -0.492 e. The maximum atomic E-state index is 12.4. The number of benzene rings is 1. The Morgan fingerprint density at radius 1 is 1.45 bits per heavy atom. The van der Waals surface area contributed by atoms with Gasteiger partial charge in [0.2, 0.25) is 5.91 Å². The number of hydrogen-bond donors (Lipinski definition) is 1. The number of amides is 1. The summed E-state index contributed by atoms with van der Waals surface area (Å²) in [5.41, 5.74) is 5.93. The van der Waals surface area contributed by atoms with Crippen molar-refractivity contribution >= 4 is 5.91 Å². The Morgan fingerprint density at radius 3 is 2.82 bits per heavy atom. The highest BCUT2D eigenvalue weighted by Crippen LogP contribution is 2.28. The van der Waals surface area contributed by atoms with Crippen LogP contribution in [0.15, 0.2) is 24.3 Å². The number of likely N-dealkylation sites (tertiary alicyclic amines) is 1. The summed E-state index contributed by atoms with van der Waals surface area (Å²) in [5, 5.41) is 9.23. The predicted octanol–water partition coefficient (Wildman–Crippen LogP) is 1.72. The summed E-state index contributed by atoms with van der Waals surface area (Å²) in [7, 11) is 0. The zero-order valence-corrected chi connectivity index (χ0v) is 13.0. The molecule has 1 heterocycles. The van der Waals surface area contributed by atoms with Gasteiger partial charge >= 0.3 is 0 Å². The fourth-order valence-electron chi connectivity index (χ4n) is 2.71. The molecule has 1 saturated heterocycles. The zero-order valence-electron chi connectivity index (χ0n) is 13.0. The molecule has 1 aromatic rings. The monoisotopic (exact) mass is 301 g/mol. The van der Waals surface area contributed by atoms with Crippen molar-refractivity contribution in [2.75, 3.05) is 26.2 Å². The molecular weight excluding hydrogens is 278 g/mol. The van der Waals surface area contributed by atoms with Gasteiger partial charge in [0.25, 0.3) is 0 Å². The molecule has 1 atom stereocenters. The van der Waals surface area contributed by atoms with Crippen LogP contribution in [0.1, 0.15) is 25.3 Å². The van der Waals surface area contributed by atoms with E-state index in [2.05, 4.69) is 6.07 Å².